The van der Waals surface area contributed by atoms with Gasteiger partial charge in [-0.15, -0.1) is 0 Å². The van der Waals surface area contributed by atoms with Crippen molar-refractivity contribution in [3.63, 3.8) is 0 Å². The first-order chi connectivity index (χ1) is 13.8. The van der Waals surface area contributed by atoms with E-state index in [1.807, 2.05) is 6.92 Å². The molecule has 1 unspecified atom stereocenters. The van der Waals surface area contributed by atoms with Crippen molar-refractivity contribution < 1.29 is 26.7 Å². The number of alkyl halides is 2. The number of anilines is 1. The van der Waals surface area contributed by atoms with Gasteiger partial charge < -0.3 is 10.1 Å². The maximum absolute atomic E-state index is 12.8. The SMILES string of the molecule is CC1CCCN(S(=O)(=O)c2ccc(NC(=O)c3ccccc3OC(F)F)cc2)C1. The number of ether oxygens (including phenoxy) is 1. The average molecular weight is 424 g/mol. The van der Waals surface area contributed by atoms with Crippen molar-refractivity contribution in [2.75, 3.05) is 18.4 Å². The third-order valence-corrected chi connectivity index (χ3v) is 6.60. The number of halogens is 2. The van der Waals surface area contributed by atoms with Crippen LogP contribution in [0.3, 0.4) is 0 Å². The Hall–Kier alpha value is -2.52. The number of piperidine rings is 1. The van der Waals surface area contributed by atoms with Gasteiger partial charge in [0.05, 0.1) is 10.5 Å². The third-order valence-electron chi connectivity index (χ3n) is 4.72. The maximum atomic E-state index is 12.8. The highest BCUT2D eigenvalue weighted by Gasteiger charge is 2.28. The van der Waals surface area contributed by atoms with Crippen molar-refractivity contribution in [2.45, 2.75) is 31.3 Å². The molecule has 1 heterocycles. The monoisotopic (exact) mass is 424 g/mol. The number of nitrogens with one attached hydrogen (secondary N) is 1. The molecule has 1 atom stereocenters. The second-order valence-electron chi connectivity index (χ2n) is 6.96. The fourth-order valence-corrected chi connectivity index (χ4v) is 4.87. The highest BCUT2D eigenvalue weighted by atomic mass is 32.2. The van der Waals surface area contributed by atoms with E-state index >= 15 is 0 Å². The van der Waals surface area contributed by atoms with Gasteiger partial charge in [0.1, 0.15) is 5.75 Å². The van der Waals surface area contributed by atoms with E-state index in [0.717, 1.165) is 12.8 Å². The summed E-state index contributed by atoms with van der Waals surface area (Å²) in [5.41, 5.74) is 0.291. The van der Waals surface area contributed by atoms with Crippen LogP contribution in [0.25, 0.3) is 0 Å². The van der Waals surface area contributed by atoms with Crippen LogP contribution in [0.5, 0.6) is 5.75 Å². The van der Waals surface area contributed by atoms with Crippen LogP contribution in [0.2, 0.25) is 0 Å². The summed E-state index contributed by atoms with van der Waals surface area (Å²) in [4.78, 5) is 12.6. The first kappa shape index (κ1) is 21.2. The number of carbonyl (C=O) groups excluding carboxylic acids is 1. The molecule has 0 radical (unpaired) electrons. The Morgan fingerprint density at radius 2 is 1.86 bits per heavy atom. The summed E-state index contributed by atoms with van der Waals surface area (Å²) < 4.78 is 56.4. The van der Waals surface area contributed by atoms with Gasteiger partial charge in [0.25, 0.3) is 5.91 Å². The Bertz CT molecular complexity index is 965. The van der Waals surface area contributed by atoms with Gasteiger partial charge in [0.15, 0.2) is 0 Å². The van der Waals surface area contributed by atoms with E-state index in [2.05, 4.69) is 10.1 Å². The summed E-state index contributed by atoms with van der Waals surface area (Å²) in [5.74, 6) is -0.562. The molecule has 1 saturated heterocycles. The molecule has 0 aromatic heterocycles. The molecule has 1 aliphatic rings. The van der Waals surface area contributed by atoms with Crippen molar-refractivity contribution in [1.29, 1.82) is 0 Å². The lowest BCUT2D eigenvalue weighted by Gasteiger charge is -2.30. The highest BCUT2D eigenvalue weighted by molar-refractivity contribution is 7.89. The van der Waals surface area contributed by atoms with Gasteiger partial charge in [0, 0.05) is 18.8 Å². The van der Waals surface area contributed by atoms with E-state index in [9.17, 15) is 22.0 Å². The van der Waals surface area contributed by atoms with Gasteiger partial charge in [-0.1, -0.05) is 19.1 Å². The number of para-hydroxylation sites is 1. The Balaban J connectivity index is 1.73. The van der Waals surface area contributed by atoms with Gasteiger partial charge >= 0.3 is 6.61 Å². The van der Waals surface area contributed by atoms with E-state index in [0.29, 0.717) is 24.7 Å². The van der Waals surface area contributed by atoms with Crippen molar-refractivity contribution in [3.8, 4) is 5.75 Å². The molecule has 2 aromatic rings. The molecule has 1 aliphatic heterocycles. The summed E-state index contributed by atoms with van der Waals surface area (Å²) in [7, 11) is -3.60. The smallest absolute Gasteiger partial charge is 0.387 e. The van der Waals surface area contributed by atoms with Gasteiger partial charge in [-0.25, -0.2) is 8.42 Å². The van der Waals surface area contributed by atoms with Crippen molar-refractivity contribution in [1.82, 2.24) is 4.31 Å². The van der Waals surface area contributed by atoms with Gasteiger partial charge in [-0.2, -0.15) is 13.1 Å². The quantitative estimate of drug-likeness (QED) is 0.762. The van der Waals surface area contributed by atoms with Gasteiger partial charge in [-0.3, -0.25) is 4.79 Å². The van der Waals surface area contributed by atoms with Crippen molar-refractivity contribution >= 4 is 21.6 Å². The lowest BCUT2D eigenvalue weighted by molar-refractivity contribution is -0.0501. The number of hydrogen-bond donors (Lipinski definition) is 1. The van der Waals surface area contributed by atoms with Crippen molar-refractivity contribution in [2.24, 2.45) is 5.92 Å². The number of benzene rings is 2. The molecule has 3 rings (SSSR count). The minimum absolute atomic E-state index is 0.0493. The summed E-state index contributed by atoms with van der Waals surface area (Å²) in [6.45, 7) is -0.0464. The Kier molecular flexibility index (Phi) is 6.49. The minimum atomic E-state index is -3.60. The number of amides is 1. The molecule has 0 saturated carbocycles. The Labute approximate surface area is 168 Å². The summed E-state index contributed by atoms with van der Waals surface area (Å²) in [6, 6.07) is 11.4. The molecule has 1 fully saturated rings. The van der Waals surface area contributed by atoms with Crippen LogP contribution in [-0.2, 0) is 10.0 Å². The van der Waals surface area contributed by atoms with Crippen molar-refractivity contribution in [3.05, 3.63) is 54.1 Å². The van der Waals surface area contributed by atoms with Gasteiger partial charge in [0.2, 0.25) is 10.0 Å². The molecular formula is C20H22F2N2O4S. The zero-order valence-electron chi connectivity index (χ0n) is 15.8. The first-order valence-corrected chi connectivity index (χ1v) is 10.7. The van der Waals surface area contributed by atoms with Crippen LogP contribution in [0, 0.1) is 5.92 Å². The summed E-state index contributed by atoms with van der Waals surface area (Å²) in [5, 5.41) is 2.56. The second-order valence-corrected chi connectivity index (χ2v) is 8.90. The van der Waals surface area contributed by atoms with Crippen LogP contribution in [0.1, 0.15) is 30.1 Å². The summed E-state index contributed by atoms with van der Waals surface area (Å²) >= 11 is 0. The standard InChI is InChI=1S/C20H22F2N2O4S/c1-14-5-4-12-24(13-14)29(26,27)16-10-8-15(9-11-16)23-19(25)17-6-2-3-7-18(17)28-20(21)22/h2-3,6-11,14,20H,4-5,12-13H2,1H3,(H,23,25). The first-order valence-electron chi connectivity index (χ1n) is 9.23. The minimum Gasteiger partial charge on any atom is -0.434 e. The molecule has 29 heavy (non-hydrogen) atoms. The van der Waals surface area contributed by atoms with E-state index < -0.39 is 22.5 Å². The number of hydrogen-bond acceptors (Lipinski definition) is 4. The highest BCUT2D eigenvalue weighted by Crippen LogP contribution is 2.25. The fraction of sp³-hybridized carbons (Fsp3) is 0.350. The molecule has 2 aromatic carbocycles. The zero-order valence-corrected chi connectivity index (χ0v) is 16.7. The van der Waals surface area contributed by atoms with E-state index in [4.69, 9.17) is 0 Å². The molecule has 0 aliphatic carbocycles. The molecule has 1 amide bonds. The van der Waals surface area contributed by atoms with E-state index in [1.54, 1.807) is 0 Å². The number of nitrogens with zero attached hydrogens (tertiary/aromatic N) is 1. The lowest BCUT2D eigenvalue weighted by Crippen LogP contribution is -2.39. The molecule has 156 valence electrons. The number of sulfonamides is 1. The second kappa shape index (κ2) is 8.87. The van der Waals surface area contributed by atoms with Crippen LogP contribution in [0.15, 0.2) is 53.4 Å². The largest absolute Gasteiger partial charge is 0.434 e. The van der Waals surface area contributed by atoms with Gasteiger partial charge in [-0.05, 0) is 55.2 Å². The summed E-state index contributed by atoms with van der Waals surface area (Å²) in [6.07, 6.45) is 1.84. The Morgan fingerprint density at radius 3 is 2.52 bits per heavy atom. The topological polar surface area (TPSA) is 75.7 Å². The van der Waals surface area contributed by atoms with Crippen LogP contribution < -0.4 is 10.1 Å². The number of carbonyl (C=O) groups is 1. The van der Waals surface area contributed by atoms with E-state index in [-0.39, 0.29) is 16.2 Å². The molecule has 6 nitrogen and oxygen atoms in total. The Morgan fingerprint density at radius 1 is 1.17 bits per heavy atom. The normalized spacial score (nSPS) is 17.9. The van der Waals surface area contributed by atoms with E-state index in [1.165, 1.54) is 52.8 Å². The maximum Gasteiger partial charge on any atom is 0.387 e. The fourth-order valence-electron chi connectivity index (χ4n) is 3.28. The molecule has 1 N–H and O–H groups in total. The lowest BCUT2D eigenvalue weighted by atomic mass is 10.0. The molecule has 0 spiro atoms. The van der Waals surface area contributed by atoms with Crippen LogP contribution in [0.4, 0.5) is 14.5 Å². The number of rotatable bonds is 6. The molecule has 0 bridgehead atoms. The molecule has 9 heteroatoms. The third kappa shape index (κ3) is 5.10. The van der Waals surface area contributed by atoms with Crippen LogP contribution in [-0.4, -0.2) is 38.3 Å². The predicted molar refractivity (Wildman–Crippen MR) is 105 cm³/mol. The molecular weight excluding hydrogens is 402 g/mol. The zero-order chi connectivity index (χ0) is 21.0. The predicted octanol–water partition coefficient (Wildman–Crippen LogP) is 3.96. The average Bonchev–Trinajstić information content (AvgIpc) is 2.68. The van der Waals surface area contributed by atoms with Crippen LogP contribution >= 0.6 is 0 Å².